The fraction of sp³-hybridized carbons (Fsp3) is 0.515. The molecule has 256 valence electrons. The Bertz CT molecular complexity index is 1580. The molecule has 3 heterocycles. The van der Waals surface area contributed by atoms with E-state index in [4.69, 9.17) is 9.47 Å². The third-order valence-electron chi connectivity index (χ3n) is 8.18. The van der Waals surface area contributed by atoms with Gasteiger partial charge in [-0.3, -0.25) is 0 Å². The fourth-order valence-electron chi connectivity index (χ4n) is 5.81. The van der Waals surface area contributed by atoms with Gasteiger partial charge in [0.1, 0.15) is 11.6 Å². The number of fused-ring (bicyclic) bond motifs is 1. The minimum atomic E-state index is -4.63. The van der Waals surface area contributed by atoms with Crippen molar-refractivity contribution >= 4 is 38.5 Å². The number of thiophene rings is 1. The van der Waals surface area contributed by atoms with Crippen molar-refractivity contribution in [3.63, 3.8) is 0 Å². The Kier molecular flexibility index (Phi) is 11.0. The van der Waals surface area contributed by atoms with Crippen molar-refractivity contribution in [3.8, 4) is 17.6 Å². The summed E-state index contributed by atoms with van der Waals surface area (Å²) < 4.78 is 106. The molecular weight excluding hydrogens is 649 g/mol. The molecule has 0 bridgehead atoms. The minimum absolute atomic E-state index is 0.0556. The standard InChI is InChI=1S/C33H37F7N4O2S/c1-21(2)43-11-8-22(9-12-43)42-26-6-3-5-23-24(19-32(35,36)37)30(47-31(23)26)7-4-10-41-27-17-25(34)28(44-13-15-45-16-14-44)18-29(27)46-20-33(38,39)40/h3,5-6,17-18,21-22,41-42H,8-16,19-20H2,1-2H3. The molecule has 2 saturated heterocycles. The molecule has 3 aromatic rings. The number of rotatable bonds is 9. The van der Waals surface area contributed by atoms with Crippen molar-refractivity contribution in [1.29, 1.82) is 0 Å². The molecule has 2 aromatic carbocycles. The lowest BCUT2D eigenvalue weighted by Crippen LogP contribution is -2.42. The molecule has 2 fully saturated rings. The second-order valence-electron chi connectivity index (χ2n) is 11.9. The third-order valence-corrected chi connectivity index (χ3v) is 9.37. The van der Waals surface area contributed by atoms with E-state index in [2.05, 4.69) is 41.2 Å². The van der Waals surface area contributed by atoms with Crippen LogP contribution in [0.2, 0.25) is 0 Å². The highest BCUT2D eigenvalue weighted by Gasteiger charge is 2.32. The number of halogens is 7. The summed E-state index contributed by atoms with van der Waals surface area (Å²) in [6, 6.07) is 8.13. The zero-order chi connectivity index (χ0) is 33.8. The van der Waals surface area contributed by atoms with Gasteiger partial charge in [0.2, 0.25) is 0 Å². The molecule has 0 atom stereocenters. The number of likely N-dealkylation sites (tertiary alicyclic amines) is 1. The molecule has 0 saturated carbocycles. The van der Waals surface area contributed by atoms with Crippen molar-refractivity contribution in [2.24, 2.45) is 0 Å². The maximum Gasteiger partial charge on any atom is 0.422 e. The molecule has 0 radical (unpaired) electrons. The summed E-state index contributed by atoms with van der Waals surface area (Å²) in [6.45, 7) is 5.81. The van der Waals surface area contributed by atoms with Crippen LogP contribution in [0.25, 0.3) is 10.1 Å². The van der Waals surface area contributed by atoms with Crippen LogP contribution in [0.1, 0.15) is 37.1 Å². The number of benzene rings is 2. The first-order chi connectivity index (χ1) is 22.3. The van der Waals surface area contributed by atoms with Crippen LogP contribution in [0.4, 0.5) is 47.8 Å². The Morgan fingerprint density at radius 2 is 1.72 bits per heavy atom. The summed E-state index contributed by atoms with van der Waals surface area (Å²) in [5, 5.41) is 6.80. The van der Waals surface area contributed by atoms with Crippen molar-refractivity contribution < 1.29 is 40.2 Å². The number of morpholine rings is 1. The van der Waals surface area contributed by atoms with Gasteiger partial charge in [0.05, 0.1) is 52.8 Å². The lowest BCUT2D eigenvalue weighted by atomic mass is 10.0. The average molecular weight is 687 g/mol. The van der Waals surface area contributed by atoms with Gasteiger partial charge < -0.3 is 29.9 Å². The molecule has 0 amide bonds. The molecule has 47 heavy (non-hydrogen) atoms. The largest absolute Gasteiger partial charge is 0.482 e. The van der Waals surface area contributed by atoms with E-state index in [0.717, 1.165) is 37.7 Å². The highest BCUT2D eigenvalue weighted by molar-refractivity contribution is 7.20. The summed E-state index contributed by atoms with van der Waals surface area (Å²) in [4.78, 5) is 4.29. The molecule has 14 heteroatoms. The van der Waals surface area contributed by atoms with Crippen LogP contribution >= 0.6 is 11.3 Å². The van der Waals surface area contributed by atoms with Gasteiger partial charge in [-0.2, -0.15) is 26.3 Å². The van der Waals surface area contributed by atoms with Crippen LogP contribution < -0.4 is 20.3 Å². The number of hydrogen-bond donors (Lipinski definition) is 2. The predicted molar refractivity (Wildman–Crippen MR) is 171 cm³/mol. The Morgan fingerprint density at radius 1 is 1.00 bits per heavy atom. The minimum Gasteiger partial charge on any atom is -0.482 e. The Morgan fingerprint density at radius 3 is 2.38 bits per heavy atom. The molecule has 2 aliphatic rings. The normalized spacial score (nSPS) is 16.8. The molecule has 0 aliphatic carbocycles. The third kappa shape index (κ3) is 9.36. The molecule has 6 nitrogen and oxygen atoms in total. The van der Waals surface area contributed by atoms with E-state index >= 15 is 4.39 Å². The summed E-state index contributed by atoms with van der Waals surface area (Å²) in [7, 11) is 0. The second kappa shape index (κ2) is 14.8. The maximum absolute atomic E-state index is 15.1. The van der Waals surface area contributed by atoms with Crippen LogP contribution in [0.5, 0.6) is 5.75 Å². The second-order valence-corrected chi connectivity index (χ2v) is 12.9. The monoisotopic (exact) mass is 686 g/mol. The Balaban J connectivity index is 1.38. The smallest absolute Gasteiger partial charge is 0.422 e. The van der Waals surface area contributed by atoms with Crippen LogP contribution in [-0.4, -0.2) is 81.9 Å². The number of anilines is 3. The van der Waals surface area contributed by atoms with E-state index in [-0.39, 0.29) is 40.2 Å². The van der Waals surface area contributed by atoms with E-state index in [0.29, 0.717) is 42.4 Å². The summed E-state index contributed by atoms with van der Waals surface area (Å²) in [5.41, 5.74) is 0.852. The Labute approximate surface area is 273 Å². The lowest BCUT2D eigenvalue weighted by molar-refractivity contribution is -0.153. The fourth-order valence-corrected chi connectivity index (χ4v) is 6.98. The molecule has 2 N–H and O–H groups in total. The van der Waals surface area contributed by atoms with Crippen LogP contribution in [0.3, 0.4) is 0 Å². The first kappa shape index (κ1) is 34.9. The molecule has 0 spiro atoms. The summed E-state index contributed by atoms with van der Waals surface area (Å²) in [5.74, 6) is 4.72. The first-order valence-electron chi connectivity index (χ1n) is 15.5. The predicted octanol–water partition coefficient (Wildman–Crippen LogP) is 7.67. The van der Waals surface area contributed by atoms with Gasteiger partial charge in [-0.25, -0.2) is 4.39 Å². The van der Waals surface area contributed by atoms with E-state index in [1.165, 1.54) is 17.4 Å². The number of hydrogen-bond acceptors (Lipinski definition) is 7. The highest BCUT2D eigenvalue weighted by atomic mass is 32.1. The van der Waals surface area contributed by atoms with Crippen molar-refractivity contribution in [2.45, 2.75) is 57.5 Å². The number of nitrogens with one attached hydrogen (secondary N) is 2. The van der Waals surface area contributed by atoms with Gasteiger partial charge in [0.25, 0.3) is 0 Å². The van der Waals surface area contributed by atoms with E-state index < -0.39 is 31.2 Å². The van der Waals surface area contributed by atoms with Gasteiger partial charge in [0, 0.05) is 50.4 Å². The number of nitrogens with zero attached hydrogens (tertiary/aromatic N) is 2. The molecule has 0 unspecified atom stereocenters. The summed E-state index contributed by atoms with van der Waals surface area (Å²) in [6.07, 6.45) is -8.43. The summed E-state index contributed by atoms with van der Waals surface area (Å²) >= 11 is 1.17. The maximum atomic E-state index is 15.1. The topological polar surface area (TPSA) is 49.0 Å². The van der Waals surface area contributed by atoms with E-state index in [9.17, 15) is 26.3 Å². The van der Waals surface area contributed by atoms with Crippen LogP contribution in [0, 0.1) is 17.7 Å². The Hall–Kier alpha value is -3.41. The molecule has 5 rings (SSSR count). The number of ether oxygens (including phenoxy) is 2. The molecule has 2 aliphatic heterocycles. The van der Waals surface area contributed by atoms with Crippen LogP contribution in [-0.2, 0) is 11.2 Å². The van der Waals surface area contributed by atoms with E-state index in [1.54, 1.807) is 17.0 Å². The number of piperidine rings is 1. The van der Waals surface area contributed by atoms with Gasteiger partial charge in [-0.05, 0) is 43.7 Å². The van der Waals surface area contributed by atoms with Gasteiger partial charge in [-0.15, -0.1) is 11.3 Å². The zero-order valence-corrected chi connectivity index (χ0v) is 26.9. The average Bonchev–Trinajstić information content (AvgIpc) is 3.35. The van der Waals surface area contributed by atoms with Gasteiger partial charge >= 0.3 is 12.4 Å². The first-order valence-corrected chi connectivity index (χ1v) is 16.3. The molecular formula is C33H37F7N4O2S. The lowest BCUT2D eigenvalue weighted by Gasteiger charge is -2.35. The van der Waals surface area contributed by atoms with Crippen molar-refractivity contribution in [1.82, 2.24) is 4.90 Å². The zero-order valence-electron chi connectivity index (χ0n) is 26.1. The molecule has 1 aromatic heterocycles. The van der Waals surface area contributed by atoms with Crippen molar-refractivity contribution in [2.75, 3.05) is 68.1 Å². The van der Waals surface area contributed by atoms with Crippen LogP contribution in [0.15, 0.2) is 30.3 Å². The van der Waals surface area contributed by atoms with Crippen molar-refractivity contribution in [3.05, 3.63) is 46.6 Å². The SMILES string of the molecule is CC(C)N1CCC(Nc2cccc3c(CC(F)(F)F)c(C#CCNc4cc(F)c(N5CCOCC5)cc4OCC(F)(F)F)sc23)CC1. The van der Waals surface area contributed by atoms with Gasteiger partial charge in [-0.1, -0.05) is 24.0 Å². The highest BCUT2D eigenvalue weighted by Crippen LogP contribution is 2.40. The number of alkyl halides is 6. The van der Waals surface area contributed by atoms with E-state index in [1.807, 2.05) is 6.07 Å². The van der Waals surface area contributed by atoms with Gasteiger partial charge in [0.15, 0.2) is 6.61 Å². The quantitative estimate of drug-likeness (QED) is 0.178.